The van der Waals surface area contributed by atoms with Gasteiger partial charge in [0.15, 0.2) is 11.5 Å². The minimum Gasteiger partial charge on any atom is -0.480 e. The molecule has 0 spiro atoms. The Morgan fingerprint density at radius 2 is 2.20 bits per heavy atom. The summed E-state index contributed by atoms with van der Waals surface area (Å²) in [6.07, 6.45) is 1.35. The number of aromatic nitrogens is 1. The lowest BCUT2D eigenvalue weighted by Gasteiger charge is -2.11. The first-order valence-corrected chi connectivity index (χ1v) is 5.77. The van der Waals surface area contributed by atoms with Crippen LogP contribution in [0.5, 0.6) is 0 Å². The molecule has 0 saturated heterocycles. The third-order valence-corrected chi connectivity index (χ3v) is 2.53. The lowest BCUT2D eigenvalue weighted by molar-refractivity contribution is -0.139. The Labute approximate surface area is 113 Å². The lowest BCUT2D eigenvalue weighted by Crippen LogP contribution is -2.41. The first-order chi connectivity index (χ1) is 9.61. The number of carboxylic acids is 1. The van der Waals surface area contributed by atoms with Crippen molar-refractivity contribution in [3.8, 4) is 11.5 Å². The van der Waals surface area contributed by atoms with E-state index in [2.05, 4.69) is 10.5 Å². The van der Waals surface area contributed by atoms with Crippen LogP contribution in [0.1, 0.15) is 16.9 Å². The van der Waals surface area contributed by atoms with Crippen LogP contribution in [-0.4, -0.2) is 39.9 Å². The number of aliphatic hydroxyl groups excluding tert-OH is 1. The fourth-order valence-electron chi connectivity index (χ4n) is 1.54. The highest BCUT2D eigenvalue weighted by molar-refractivity contribution is 5.95. The molecule has 8 heteroatoms. The number of rotatable bonds is 6. The Hall–Kier alpha value is -2.61. The van der Waals surface area contributed by atoms with Crippen LogP contribution in [0.25, 0.3) is 11.5 Å². The molecule has 2 heterocycles. The zero-order chi connectivity index (χ0) is 14.5. The molecule has 0 aliphatic rings. The molecule has 0 saturated carbocycles. The average Bonchev–Trinajstić information content (AvgIpc) is 3.08. The van der Waals surface area contributed by atoms with Crippen LogP contribution in [0, 0.1) is 0 Å². The van der Waals surface area contributed by atoms with Gasteiger partial charge in [-0.05, 0) is 12.1 Å². The van der Waals surface area contributed by atoms with Crippen LogP contribution >= 0.6 is 0 Å². The van der Waals surface area contributed by atoms with Crippen molar-refractivity contribution in [2.24, 2.45) is 0 Å². The zero-order valence-corrected chi connectivity index (χ0v) is 10.3. The Kier molecular flexibility index (Phi) is 4.16. The first-order valence-electron chi connectivity index (χ1n) is 5.77. The van der Waals surface area contributed by atoms with Crippen LogP contribution in [-0.2, 0) is 4.79 Å². The quantitative estimate of drug-likeness (QED) is 0.703. The molecular weight excluding hydrogens is 268 g/mol. The van der Waals surface area contributed by atoms with Gasteiger partial charge in [-0.1, -0.05) is 5.16 Å². The number of carbonyl (C=O) groups excluding carboxylic acids is 1. The van der Waals surface area contributed by atoms with E-state index in [4.69, 9.17) is 19.2 Å². The second-order valence-corrected chi connectivity index (χ2v) is 3.93. The Bertz CT molecular complexity index is 589. The van der Waals surface area contributed by atoms with Crippen LogP contribution < -0.4 is 5.32 Å². The first kappa shape index (κ1) is 13.8. The standard InChI is InChI=1S/C12H12N2O6/c15-4-3-7(12(17)18)13-11(16)8-6-10(20-14-8)9-2-1-5-19-9/h1-2,5-7,15H,3-4H2,(H,13,16)(H,17,18). The van der Waals surface area contributed by atoms with Crippen LogP contribution in [0.4, 0.5) is 0 Å². The van der Waals surface area contributed by atoms with Gasteiger partial charge in [0.1, 0.15) is 6.04 Å². The number of nitrogens with one attached hydrogen (secondary N) is 1. The molecule has 1 unspecified atom stereocenters. The van der Waals surface area contributed by atoms with Crippen molar-refractivity contribution in [2.75, 3.05) is 6.61 Å². The molecule has 8 nitrogen and oxygen atoms in total. The fourth-order valence-corrected chi connectivity index (χ4v) is 1.54. The van der Waals surface area contributed by atoms with Crippen molar-refractivity contribution in [1.29, 1.82) is 0 Å². The predicted octanol–water partition coefficient (Wildman–Crippen LogP) is 0.500. The normalized spacial score (nSPS) is 12.1. The molecule has 1 atom stereocenters. The summed E-state index contributed by atoms with van der Waals surface area (Å²) in [4.78, 5) is 22.7. The van der Waals surface area contributed by atoms with Gasteiger partial charge in [-0.25, -0.2) is 4.79 Å². The van der Waals surface area contributed by atoms with Gasteiger partial charge in [-0.3, -0.25) is 4.79 Å². The molecule has 0 aliphatic heterocycles. The highest BCUT2D eigenvalue weighted by atomic mass is 16.5. The zero-order valence-electron chi connectivity index (χ0n) is 10.3. The van der Waals surface area contributed by atoms with Crippen molar-refractivity contribution in [2.45, 2.75) is 12.5 Å². The Balaban J connectivity index is 2.08. The molecule has 2 aromatic heterocycles. The number of hydrogen-bond acceptors (Lipinski definition) is 6. The van der Waals surface area contributed by atoms with E-state index < -0.39 is 17.9 Å². The van der Waals surface area contributed by atoms with E-state index in [0.717, 1.165) is 0 Å². The molecule has 2 rings (SSSR count). The number of aliphatic carboxylic acids is 1. The van der Waals surface area contributed by atoms with Gasteiger partial charge in [0, 0.05) is 19.1 Å². The molecule has 0 radical (unpaired) electrons. The number of carboxylic acid groups (broad SMARTS) is 1. The molecule has 0 aliphatic carbocycles. The number of carbonyl (C=O) groups is 2. The number of nitrogens with zero attached hydrogens (tertiary/aromatic N) is 1. The smallest absolute Gasteiger partial charge is 0.326 e. The van der Waals surface area contributed by atoms with Crippen LogP contribution in [0.3, 0.4) is 0 Å². The SMILES string of the molecule is O=C(NC(CCO)C(=O)O)c1cc(-c2ccco2)on1. The summed E-state index contributed by atoms with van der Waals surface area (Å²) in [5, 5.41) is 23.4. The summed E-state index contributed by atoms with van der Waals surface area (Å²) >= 11 is 0. The maximum atomic E-state index is 11.8. The van der Waals surface area contributed by atoms with E-state index in [1.54, 1.807) is 12.1 Å². The maximum absolute atomic E-state index is 11.8. The molecule has 3 N–H and O–H groups in total. The second-order valence-electron chi connectivity index (χ2n) is 3.93. The number of hydrogen-bond donors (Lipinski definition) is 3. The van der Waals surface area contributed by atoms with E-state index in [9.17, 15) is 9.59 Å². The predicted molar refractivity (Wildman–Crippen MR) is 64.8 cm³/mol. The molecule has 20 heavy (non-hydrogen) atoms. The summed E-state index contributed by atoms with van der Waals surface area (Å²) < 4.78 is 10.0. The summed E-state index contributed by atoms with van der Waals surface area (Å²) in [6.45, 7) is -0.353. The number of furan rings is 1. The van der Waals surface area contributed by atoms with Gasteiger partial charge in [-0.2, -0.15) is 0 Å². The van der Waals surface area contributed by atoms with Crippen molar-refractivity contribution < 1.29 is 28.7 Å². The summed E-state index contributed by atoms with van der Waals surface area (Å²) in [7, 11) is 0. The molecule has 2 aromatic rings. The van der Waals surface area contributed by atoms with Crippen LogP contribution in [0.15, 0.2) is 33.4 Å². The largest absolute Gasteiger partial charge is 0.480 e. The number of aliphatic hydroxyl groups is 1. The summed E-state index contributed by atoms with van der Waals surface area (Å²) in [5.74, 6) is -1.27. The third kappa shape index (κ3) is 3.04. The Morgan fingerprint density at radius 3 is 2.80 bits per heavy atom. The van der Waals surface area contributed by atoms with Gasteiger partial charge in [0.05, 0.1) is 6.26 Å². The molecular formula is C12H12N2O6. The Morgan fingerprint density at radius 1 is 1.40 bits per heavy atom. The van der Waals surface area contributed by atoms with Crippen molar-refractivity contribution >= 4 is 11.9 Å². The van der Waals surface area contributed by atoms with Crippen LogP contribution in [0.2, 0.25) is 0 Å². The minimum atomic E-state index is -1.23. The molecule has 106 valence electrons. The lowest BCUT2D eigenvalue weighted by atomic mass is 10.2. The van der Waals surface area contributed by atoms with E-state index in [-0.39, 0.29) is 24.5 Å². The van der Waals surface area contributed by atoms with Gasteiger partial charge < -0.3 is 24.5 Å². The van der Waals surface area contributed by atoms with E-state index in [0.29, 0.717) is 5.76 Å². The molecule has 0 aromatic carbocycles. The number of amides is 1. The highest BCUT2D eigenvalue weighted by Crippen LogP contribution is 2.20. The molecule has 0 bridgehead atoms. The minimum absolute atomic E-state index is 0.0689. The van der Waals surface area contributed by atoms with Crippen molar-refractivity contribution in [3.63, 3.8) is 0 Å². The summed E-state index contributed by atoms with van der Waals surface area (Å²) in [5.41, 5.74) is -0.0689. The van der Waals surface area contributed by atoms with E-state index >= 15 is 0 Å². The van der Waals surface area contributed by atoms with Gasteiger partial charge in [0.2, 0.25) is 5.76 Å². The molecule has 1 amide bonds. The van der Waals surface area contributed by atoms with Crippen molar-refractivity contribution in [3.05, 3.63) is 30.2 Å². The van der Waals surface area contributed by atoms with Gasteiger partial charge in [0.25, 0.3) is 5.91 Å². The monoisotopic (exact) mass is 280 g/mol. The third-order valence-electron chi connectivity index (χ3n) is 2.53. The average molecular weight is 280 g/mol. The van der Waals surface area contributed by atoms with Crippen molar-refractivity contribution in [1.82, 2.24) is 10.5 Å². The highest BCUT2D eigenvalue weighted by Gasteiger charge is 2.22. The van der Waals surface area contributed by atoms with Gasteiger partial charge >= 0.3 is 5.97 Å². The molecule has 0 fully saturated rings. The maximum Gasteiger partial charge on any atom is 0.326 e. The summed E-state index contributed by atoms with van der Waals surface area (Å²) in [6, 6.07) is 3.44. The van der Waals surface area contributed by atoms with E-state index in [1.165, 1.54) is 12.3 Å². The van der Waals surface area contributed by atoms with E-state index in [1.807, 2.05) is 0 Å². The van der Waals surface area contributed by atoms with Gasteiger partial charge in [-0.15, -0.1) is 0 Å². The topological polar surface area (TPSA) is 126 Å². The fraction of sp³-hybridized carbons (Fsp3) is 0.250. The second kappa shape index (κ2) is 6.02.